The molecule has 3 aromatic rings. The van der Waals surface area contributed by atoms with E-state index in [1.807, 2.05) is 28.8 Å². The SMILES string of the molecule is O=C(c1cc(Cl)c2c(c1)OCO2)N1CCC(n2c(=O)[nH]c3ccccc32)CC1. The average molecular weight is 400 g/mol. The highest BCUT2D eigenvalue weighted by molar-refractivity contribution is 6.32. The minimum absolute atomic E-state index is 0.0630. The fourth-order valence-corrected chi connectivity index (χ4v) is 4.30. The molecule has 0 unspecified atom stereocenters. The molecule has 0 bridgehead atoms. The molecular formula is C20H18ClN3O4. The summed E-state index contributed by atoms with van der Waals surface area (Å²) in [5.41, 5.74) is 2.12. The smallest absolute Gasteiger partial charge is 0.326 e. The zero-order valence-corrected chi connectivity index (χ0v) is 15.7. The van der Waals surface area contributed by atoms with Gasteiger partial charge in [-0.1, -0.05) is 23.7 Å². The van der Waals surface area contributed by atoms with Crippen LogP contribution in [0.5, 0.6) is 11.5 Å². The van der Waals surface area contributed by atoms with Gasteiger partial charge in [0.15, 0.2) is 11.5 Å². The summed E-state index contributed by atoms with van der Waals surface area (Å²) in [4.78, 5) is 30.0. The van der Waals surface area contributed by atoms with Crippen LogP contribution in [-0.2, 0) is 0 Å². The molecule has 144 valence electrons. The first kappa shape index (κ1) is 17.2. The molecule has 0 atom stereocenters. The normalized spacial score (nSPS) is 16.7. The predicted molar refractivity (Wildman–Crippen MR) is 104 cm³/mol. The molecule has 28 heavy (non-hydrogen) atoms. The number of aromatic amines is 1. The van der Waals surface area contributed by atoms with Gasteiger partial charge in [0.25, 0.3) is 5.91 Å². The zero-order chi connectivity index (χ0) is 19.3. The maximum absolute atomic E-state index is 12.9. The second-order valence-corrected chi connectivity index (χ2v) is 7.44. The number of H-pyrrole nitrogens is 1. The number of fused-ring (bicyclic) bond motifs is 2. The molecule has 1 fully saturated rings. The molecule has 3 heterocycles. The molecule has 1 amide bonds. The van der Waals surface area contributed by atoms with Gasteiger partial charge >= 0.3 is 5.69 Å². The van der Waals surface area contributed by atoms with Crippen LogP contribution >= 0.6 is 11.6 Å². The van der Waals surface area contributed by atoms with Gasteiger partial charge in [0.2, 0.25) is 6.79 Å². The third-order valence-corrected chi connectivity index (χ3v) is 5.70. The fraction of sp³-hybridized carbons (Fsp3) is 0.300. The number of halogens is 1. The van der Waals surface area contributed by atoms with Crippen molar-refractivity contribution in [3.63, 3.8) is 0 Å². The number of nitrogens with one attached hydrogen (secondary N) is 1. The van der Waals surface area contributed by atoms with E-state index in [0.29, 0.717) is 48.0 Å². The van der Waals surface area contributed by atoms with Crippen LogP contribution in [0.2, 0.25) is 5.02 Å². The number of likely N-dealkylation sites (tertiary alicyclic amines) is 1. The molecule has 0 spiro atoms. The quantitative estimate of drug-likeness (QED) is 0.718. The Morgan fingerprint density at radius 1 is 1.14 bits per heavy atom. The summed E-state index contributed by atoms with van der Waals surface area (Å²) in [5.74, 6) is 0.886. The fourth-order valence-electron chi connectivity index (χ4n) is 4.04. The van der Waals surface area contributed by atoms with Gasteiger partial charge in [-0.2, -0.15) is 0 Å². The number of ether oxygens (including phenoxy) is 2. The molecule has 1 aromatic heterocycles. The highest BCUT2D eigenvalue weighted by Gasteiger charge is 2.28. The summed E-state index contributed by atoms with van der Waals surface area (Å²) in [5, 5.41) is 0.374. The van der Waals surface area contributed by atoms with Crippen molar-refractivity contribution in [3.05, 3.63) is 57.5 Å². The van der Waals surface area contributed by atoms with Crippen LogP contribution in [0.25, 0.3) is 11.0 Å². The largest absolute Gasteiger partial charge is 0.454 e. The van der Waals surface area contributed by atoms with Crippen molar-refractivity contribution in [1.82, 2.24) is 14.5 Å². The standard InChI is InChI=1S/C20H18ClN3O4/c21-14-9-12(10-17-18(14)28-11-27-17)19(25)23-7-5-13(6-8-23)24-16-4-2-1-3-15(16)22-20(24)26/h1-4,9-10,13H,5-8,11H2,(H,22,26). The number of amides is 1. The maximum atomic E-state index is 12.9. The van der Waals surface area contributed by atoms with Crippen LogP contribution in [0, 0.1) is 0 Å². The van der Waals surface area contributed by atoms with Crippen LogP contribution in [0.3, 0.4) is 0 Å². The lowest BCUT2D eigenvalue weighted by Crippen LogP contribution is -2.40. The molecule has 5 rings (SSSR count). The molecule has 7 nitrogen and oxygen atoms in total. The number of imidazole rings is 1. The van der Waals surface area contributed by atoms with E-state index >= 15 is 0 Å². The number of aromatic nitrogens is 2. The van der Waals surface area contributed by atoms with Gasteiger partial charge in [0.1, 0.15) is 0 Å². The molecule has 0 saturated carbocycles. The van der Waals surface area contributed by atoms with Gasteiger partial charge < -0.3 is 19.4 Å². The van der Waals surface area contributed by atoms with Gasteiger partial charge in [-0.15, -0.1) is 0 Å². The van der Waals surface area contributed by atoms with Crippen LogP contribution in [0.1, 0.15) is 29.2 Å². The molecule has 2 aromatic carbocycles. The molecule has 0 radical (unpaired) electrons. The lowest BCUT2D eigenvalue weighted by Gasteiger charge is -2.32. The van der Waals surface area contributed by atoms with Gasteiger partial charge in [-0.3, -0.25) is 9.36 Å². The molecule has 2 aliphatic rings. The van der Waals surface area contributed by atoms with Crippen molar-refractivity contribution in [3.8, 4) is 11.5 Å². The van der Waals surface area contributed by atoms with Crippen molar-refractivity contribution >= 4 is 28.5 Å². The molecule has 1 N–H and O–H groups in total. The number of carbonyl (C=O) groups is 1. The van der Waals surface area contributed by atoms with Crippen LogP contribution in [-0.4, -0.2) is 40.2 Å². The van der Waals surface area contributed by atoms with Crippen LogP contribution < -0.4 is 15.2 Å². The zero-order valence-electron chi connectivity index (χ0n) is 15.0. The Balaban J connectivity index is 1.35. The Bertz CT molecular complexity index is 1130. The van der Waals surface area contributed by atoms with E-state index < -0.39 is 0 Å². The Morgan fingerprint density at radius 2 is 1.93 bits per heavy atom. The average Bonchev–Trinajstić information content (AvgIpc) is 3.31. The first-order chi connectivity index (χ1) is 13.6. The number of rotatable bonds is 2. The van der Waals surface area contributed by atoms with Crippen molar-refractivity contribution in [1.29, 1.82) is 0 Å². The lowest BCUT2D eigenvalue weighted by atomic mass is 10.0. The summed E-state index contributed by atoms with van der Waals surface area (Å²) in [7, 11) is 0. The second kappa shape index (κ2) is 6.60. The monoisotopic (exact) mass is 399 g/mol. The van der Waals surface area contributed by atoms with Crippen LogP contribution in [0.15, 0.2) is 41.2 Å². The number of piperidine rings is 1. The minimum atomic E-state index is -0.103. The third-order valence-electron chi connectivity index (χ3n) is 5.42. The number of benzene rings is 2. The Labute approximate surface area is 165 Å². The summed E-state index contributed by atoms with van der Waals surface area (Å²) in [6.07, 6.45) is 1.43. The molecule has 1 saturated heterocycles. The Hall–Kier alpha value is -2.93. The van der Waals surface area contributed by atoms with E-state index in [4.69, 9.17) is 21.1 Å². The van der Waals surface area contributed by atoms with Crippen molar-refractivity contribution in [2.75, 3.05) is 19.9 Å². The van der Waals surface area contributed by atoms with E-state index in [-0.39, 0.29) is 24.4 Å². The number of hydrogen-bond acceptors (Lipinski definition) is 4. The van der Waals surface area contributed by atoms with E-state index in [0.717, 1.165) is 11.0 Å². The van der Waals surface area contributed by atoms with Crippen molar-refractivity contribution in [2.24, 2.45) is 0 Å². The highest BCUT2D eigenvalue weighted by Crippen LogP contribution is 2.40. The first-order valence-corrected chi connectivity index (χ1v) is 9.57. The van der Waals surface area contributed by atoms with Gasteiger partial charge in [0.05, 0.1) is 16.1 Å². The molecule has 0 aliphatic carbocycles. The van der Waals surface area contributed by atoms with E-state index in [1.54, 1.807) is 17.0 Å². The summed E-state index contributed by atoms with van der Waals surface area (Å²) in [6.45, 7) is 1.25. The number of para-hydroxylation sites is 2. The minimum Gasteiger partial charge on any atom is -0.454 e. The second-order valence-electron chi connectivity index (χ2n) is 7.03. The topological polar surface area (TPSA) is 76.6 Å². The summed E-state index contributed by atoms with van der Waals surface area (Å²) < 4.78 is 12.5. The van der Waals surface area contributed by atoms with Crippen LogP contribution in [0.4, 0.5) is 0 Å². The highest BCUT2D eigenvalue weighted by atomic mass is 35.5. The van der Waals surface area contributed by atoms with Gasteiger partial charge in [0, 0.05) is 24.7 Å². The predicted octanol–water partition coefficient (Wildman–Crippen LogP) is 3.19. The van der Waals surface area contributed by atoms with Crippen molar-refractivity contribution < 1.29 is 14.3 Å². The first-order valence-electron chi connectivity index (χ1n) is 9.19. The van der Waals surface area contributed by atoms with E-state index in [1.165, 1.54) is 0 Å². The van der Waals surface area contributed by atoms with Gasteiger partial charge in [-0.05, 0) is 37.1 Å². The Kier molecular flexibility index (Phi) is 4.05. The van der Waals surface area contributed by atoms with E-state index in [9.17, 15) is 9.59 Å². The van der Waals surface area contributed by atoms with Gasteiger partial charge in [-0.25, -0.2) is 4.79 Å². The number of nitrogens with zero attached hydrogens (tertiary/aromatic N) is 2. The molecule has 2 aliphatic heterocycles. The molecular weight excluding hydrogens is 382 g/mol. The third kappa shape index (κ3) is 2.74. The number of carbonyl (C=O) groups excluding carboxylic acids is 1. The maximum Gasteiger partial charge on any atom is 0.326 e. The Morgan fingerprint density at radius 3 is 2.75 bits per heavy atom. The molecule has 8 heteroatoms. The summed E-state index contributed by atoms with van der Waals surface area (Å²) >= 11 is 6.20. The van der Waals surface area contributed by atoms with Crippen molar-refractivity contribution in [2.45, 2.75) is 18.9 Å². The summed E-state index contributed by atoms with van der Waals surface area (Å²) in [6, 6.07) is 11.0. The number of hydrogen-bond donors (Lipinski definition) is 1. The lowest BCUT2D eigenvalue weighted by molar-refractivity contribution is 0.0694. The van der Waals surface area contributed by atoms with E-state index in [2.05, 4.69) is 4.98 Å².